The van der Waals surface area contributed by atoms with Crippen molar-refractivity contribution in [2.75, 3.05) is 11.9 Å². The molecule has 0 aliphatic heterocycles. The maximum Gasteiger partial charge on any atom is 0.310 e. The fourth-order valence-corrected chi connectivity index (χ4v) is 1.31. The van der Waals surface area contributed by atoms with Crippen molar-refractivity contribution >= 4 is 23.8 Å². The van der Waals surface area contributed by atoms with Crippen molar-refractivity contribution in [1.29, 1.82) is 0 Å². The van der Waals surface area contributed by atoms with E-state index in [1.165, 1.54) is 0 Å². The van der Waals surface area contributed by atoms with Crippen molar-refractivity contribution in [1.82, 2.24) is 0 Å². The normalized spacial score (nSPS) is 10.3. The lowest BCUT2D eigenvalue weighted by Crippen LogP contribution is -2.12. The van der Waals surface area contributed by atoms with Crippen molar-refractivity contribution in [3.63, 3.8) is 0 Å². The number of rotatable bonds is 5. The first-order valence-corrected chi connectivity index (χ1v) is 5.38. The average Bonchev–Trinajstić information content (AvgIpc) is 2.32. The van der Waals surface area contributed by atoms with Crippen LogP contribution in [0.25, 0.3) is 0 Å². The van der Waals surface area contributed by atoms with Crippen LogP contribution in [0, 0.1) is 0 Å². The summed E-state index contributed by atoms with van der Waals surface area (Å²) in [5, 5.41) is 13.3. The summed E-state index contributed by atoms with van der Waals surface area (Å²) in [6, 6.07) is 6.72. The van der Waals surface area contributed by atoms with Gasteiger partial charge in [0.1, 0.15) is 6.21 Å². The summed E-state index contributed by atoms with van der Waals surface area (Å²) < 4.78 is 4.82. The topological polar surface area (TPSA) is 88.0 Å². The second kappa shape index (κ2) is 7.05. The molecule has 1 aromatic rings. The number of anilines is 1. The van der Waals surface area contributed by atoms with E-state index >= 15 is 0 Å². The largest absolute Gasteiger partial charge is 0.466 e. The number of oxime groups is 1. The number of ether oxygens (including phenoxy) is 1. The molecule has 1 amide bonds. The van der Waals surface area contributed by atoms with Crippen LogP contribution in [0.15, 0.2) is 29.4 Å². The number of amides is 1. The fourth-order valence-electron chi connectivity index (χ4n) is 1.31. The molecular weight excluding hydrogens is 236 g/mol. The van der Waals surface area contributed by atoms with Crippen LogP contribution >= 0.6 is 0 Å². The van der Waals surface area contributed by atoms with E-state index in [1.54, 1.807) is 31.2 Å². The highest BCUT2D eigenvalue weighted by Crippen LogP contribution is 2.10. The van der Waals surface area contributed by atoms with E-state index in [0.717, 1.165) is 11.8 Å². The number of hydrogen-bond acceptors (Lipinski definition) is 5. The zero-order valence-corrected chi connectivity index (χ0v) is 9.92. The van der Waals surface area contributed by atoms with Gasteiger partial charge in [-0.25, -0.2) is 0 Å². The Balaban J connectivity index is 2.57. The van der Waals surface area contributed by atoms with Crippen molar-refractivity contribution in [3.05, 3.63) is 29.8 Å². The molecule has 1 rings (SSSR count). The van der Waals surface area contributed by atoms with Crippen LogP contribution in [-0.2, 0) is 20.7 Å². The van der Waals surface area contributed by atoms with Crippen LogP contribution in [-0.4, -0.2) is 29.9 Å². The minimum Gasteiger partial charge on any atom is -0.466 e. The van der Waals surface area contributed by atoms with Crippen LogP contribution in [0.4, 0.5) is 5.69 Å². The van der Waals surface area contributed by atoms with Gasteiger partial charge in [0.2, 0.25) is 0 Å². The van der Waals surface area contributed by atoms with E-state index in [0.29, 0.717) is 12.3 Å². The Hall–Kier alpha value is -2.37. The van der Waals surface area contributed by atoms with Gasteiger partial charge in [0, 0.05) is 5.69 Å². The molecule has 6 heteroatoms. The minimum absolute atomic E-state index is 0.195. The molecule has 0 aromatic heterocycles. The van der Waals surface area contributed by atoms with Crippen LogP contribution in [0.3, 0.4) is 0 Å². The Labute approximate surface area is 104 Å². The van der Waals surface area contributed by atoms with Gasteiger partial charge in [0.25, 0.3) is 5.91 Å². The molecule has 96 valence electrons. The third kappa shape index (κ3) is 4.65. The molecular formula is C12H14N2O4. The molecule has 6 nitrogen and oxygen atoms in total. The standard InChI is InChI=1S/C12H14N2O4/c1-2-18-12(16)7-9-3-5-10(6-4-9)14-11(15)8-13-17/h3-6,8,17H,2,7H2,1H3,(H,14,15)/b13-8-. The molecule has 18 heavy (non-hydrogen) atoms. The number of esters is 1. The van der Waals surface area contributed by atoms with Gasteiger partial charge in [-0.2, -0.15) is 0 Å². The highest BCUT2D eigenvalue weighted by atomic mass is 16.5. The maximum atomic E-state index is 11.2. The average molecular weight is 250 g/mol. The van der Waals surface area contributed by atoms with Gasteiger partial charge in [0.15, 0.2) is 0 Å². The SMILES string of the molecule is CCOC(=O)Cc1ccc(NC(=O)/C=N\O)cc1. The van der Waals surface area contributed by atoms with Gasteiger partial charge in [-0.05, 0) is 24.6 Å². The smallest absolute Gasteiger partial charge is 0.310 e. The van der Waals surface area contributed by atoms with E-state index in [4.69, 9.17) is 9.94 Å². The Morgan fingerprint density at radius 2 is 2.06 bits per heavy atom. The molecule has 0 heterocycles. The summed E-state index contributed by atoms with van der Waals surface area (Å²) in [7, 11) is 0. The van der Waals surface area contributed by atoms with Gasteiger partial charge in [-0.3, -0.25) is 9.59 Å². The van der Waals surface area contributed by atoms with Crippen molar-refractivity contribution < 1.29 is 19.5 Å². The summed E-state index contributed by atoms with van der Waals surface area (Å²) in [6.07, 6.45) is 0.951. The van der Waals surface area contributed by atoms with Crippen molar-refractivity contribution in [2.45, 2.75) is 13.3 Å². The monoisotopic (exact) mass is 250 g/mol. The van der Waals surface area contributed by atoms with Gasteiger partial charge in [-0.15, -0.1) is 0 Å². The lowest BCUT2D eigenvalue weighted by Gasteiger charge is -2.04. The number of benzene rings is 1. The van der Waals surface area contributed by atoms with Gasteiger partial charge in [-0.1, -0.05) is 17.3 Å². The molecule has 0 aliphatic rings. The molecule has 0 radical (unpaired) electrons. The second-order valence-electron chi connectivity index (χ2n) is 3.41. The number of carbonyl (C=O) groups is 2. The van der Waals surface area contributed by atoms with E-state index < -0.39 is 5.91 Å². The molecule has 0 atom stereocenters. The molecule has 0 bridgehead atoms. The van der Waals surface area contributed by atoms with Crippen LogP contribution in [0.1, 0.15) is 12.5 Å². The van der Waals surface area contributed by atoms with E-state index in [9.17, 15) is 9.59 Å². The Kier molecular flexibility index (Phi) is 5.37. The molecule has 0 saturated heterocycles. The van der Waals surface area contributed by atoms with Crippen LogP contribution < -0.4 is 5.32 Å². The van der Waals surface area contributed by atoms with E-state index in [-0.39, 0.29) is 12.4 Å². The number of nitrogens with zero attached hydrogens (tertiary/aromatic N) is 1. The van der Waals surface area contributed by atoms with E-state index in [1.807, 2.05) is 0 Å². The molecule has 0 unspecified atom stereocenters. The Bertz CT molecular complexity index is 440. The summed E-state index contributed by atoms with van der Waals surface area (Å²) >= 11 is 0. The first-order chi connectivity index (χ1) is 8.65. The predicted molar refractivity (Wildman–Crippen MR) is 65.7 cm³/mol. The third-order valence-electron chi connectivity index (χ3n) is 2.05. The lowest BCUT2D eigenvalue weighted by atomic mass is 10.1. The minimum atomic E-state index is -0.532. The first kappa shape index (κ1) is 13.7. The Morgan fingerprint density at radius 3 is 2.61 bits per heavy atom. The molecule has 0 spiro atoms. The van der Waals surface area contributed by atoms with Crippen LogP contribution in [0.2, 0.25) is 0 Å². The predicted octanol–water partition coefficient (Wildman–Crippen LogP) is 1.19. The van der Waals surface area contributed by atoms with Crippen molar-refractivity contribution in [3.8, 4) is 0 Å². The second-order valence-corrected chi connectivity index (χ2v) is 3.41. The fraction of sp³-hybridized carbons (Fsp3) is 0.250. The zero-order chi connectivity index (χ0) is 13.4. The lowest BCUT2D eigenvalue weighted by molar-refractivity contribution is -0.142. The molecule has 2 N–H and O–H groups in total. The zero-order valence-electron chi connectivity index (χ0n) is 9.92. The van der Waals surface area contributed by atoms with Gasteiger partial charge in [0.05, 0.1) is 13.0 Å². The number of carbonyl (C=O) groups excluding carboxylic acids is 2. The molecule has 0 fully saturated rings. The van der Waals surface area contributed by atoms with Crippen molar-refractivity contribution in [2.24, 2.45) is 5.16 Å². The number of hydrogen-bond donors (Lipinski definition) is 2. The molecule has 0 saturated carbocycles. The van der Waals surface area contributed by atoms with Gasteiger partial charge < -0.3 is 15.3 Å². The molecule has 0 aliphatic carbocycles. The van der Waals surface area contributed by atoms with E-state index in [2.05, 4.69) is 10.5 Å². The molecule has 1 aromatic carbocycles. The highest BCUT2D eigenvalue weighted by Gasteiger charge is 2.04. The summed E-state index contributed by atoms with van der Waals surface area (Å²) in [6.45, 7) is 2.10. The third-order valence-corrected chi connectivity index (χ3v) is 2.05. The first-order valence-electron chi connectivity index (χ1n) is 5.38. The van der Waals surface area contributed by atoms with Crippen LogP contribution in [0.5, 0.6) is 0 Å². The summed E-state index contributed by atoms with van der Waals surface area (Å²) in [5.74, 6) is -0.822. The quantitative estimate of drug-likeness (QED) is 0.355. The summed E-state index contributed by atoms with van der Waals surface area (Å²) in [5.41, 5.74) is 1.34. The number of nitrogens with one attached hydrogen (secondary N) is 1. The maximum absolute atomic E-state index is 11.2. The highest BCUT2D eigenvalue weighted by molar-refractivity contribution is 6.31. The Morgan fingerprint density at radius 1 is 1.39 bits per heavy atom. The summed E-state index contributed by atoms with van der Waals surface area (Å²) in [4.78, 5) is 22.3. The van der Waals surface area contributed by atoms with Gasteiger partial charge >= 0.3 is 5.97 Å².